The second kappa shape index (κ2) is 6.11. The second-order valence-corrected chi connectivity index (χ2v) is 4.84. The van der Waals surface area contributed by atoms with Crippen molar-refractivity contribution in [3.05, 3.63) is 35.4 Å². The smallest absolute Gasteiger partial charge is 0.350 e. The monoisotopic (exact) mass is 581 g/mol. The molecular weight excluding hydrogens is 578 g/mol. The third kappa shape index (κ3) is 3.00. The van der Waals surface area contributed by atoms with Crippen LogP contribution in [0.25, 0.3) is 5.57 Å². The summed E-state index contributed by atoms with van der Waals surface area (Å²) >= 11 is 0. The predicted octanol–water partition coefficient (Wildman–Crippen LogP) is 4.98. The molecule has 0 unspecified atom stereocenters. The zero-order chi connectivity index (χ0) is 19.6. The normalized spacial score (nSPS) is 23.0. The minimum absolute atomic E-state index is 0. The Bertz CT molecular complexity index is 736. The van der Waals surface area contributed by atoms with Crippen LogP contribution in [-0.2, 0) is 26.3 Å². The summed E-state index contributed by atoms with van der Waals surface area (Å²) in [5, 5.41) is 0. The quantitative estimate of drug-likeness (QED) is 0.338. The molecule has 1 aromatic heterocycles. The summed E-state index contributed by atoms with van der Waals surface area (Å²) in [4.78, 5) is 2.55. The predicted molar refractivity (Wildman–Crippen MR) is 55.6 cm³/mol. The maximum Gasteiger partial charge on any atom is 0.420 e. The fourth-order valence-corrected chi connectivity index (χ4v) is 1.87. The van der Waals surface area contributed by atoms with E-state index in [-0.39, 0.29) is 26.2 Å². The summed E-state index contributed by atoms with van der Waals surface area (Å²) in [6.45, 7) is 0. The first-order valence-corrected chi connectivity index (χ1v) is 5.87. The van der Waals surface area contributed by atoms with Crippen molar-refractivity contribution in [1.82, 2.24) is 4.98 Å². The molecule has 0 aromatic carbocycles. The Hall–Kier alpha value is -1.30. The van der Waals surface area contributed by atoms with Gasteiger partial charge < -0.3 is 4.98 Å². The van der Waals surface area contributed by atoms with Crippen molar-refractivity contribution >= 4 is 5.57 Å². The molecule has 1 nitrogen and oxygen atoms in total. The second-order valence-electron chi connectivity index (χ2n) is 4.84. The van der Waals surface area contributed by atoms with E-state index in [1.165, 1.54) is 0 Å². The van der Waals surface area contributed by atoms with E-state index in [0.29, 0.717) is 0 Å². The van der Waals surface area contributed by atoms with Gasteiger partial charge >= 0.3 is 23.9 Å². The Morgan fingerprint density at radius 1 is 0.885 bits per heavy atom. The molecule has 0 fully saturated rings. The first-order valence-electron chi connectivity index (χ1n) is 5.87. The Labute approximate surface area is 149 Å². The molecule has 0 saturated heterocycles. The Balaban J connectivity index is 0.00000338. The number of alkyl halides is 11. The molecular formula is C12H2F12IrN-. The number of pyridine rings is 1. The summed E-state index contributed by atoms with van der Waals surface area (Å²) in [7, 11) is 0. The zero-order valence-electron chi connectivity index (χ0n) is 11.5. The van der Waals surface area contributed by atoms with Gasteiger partial charge in [-0.3, -0.25) is 0 Å². The van der Waals surface area contributed by atoms with Crippen LogP contribution in [0.4, 0.5) is 52.7 Å². The van der Waals surface area contributed by atoms with Crippen molar-refractivity contribution in [2.45, 2.75) is 29.9 Å². The van der Waals surface area contributed by atoms with Crippen molar-refractivity contribution in [3.8, 4) is 0 Å². The molecule has 26 heavy (non-hydrogen) atoms. The fraction of sp³-hybridized carbons (Fsp3) is 0.417. The van der Waals surface area contributed by atoms with Crippen LogP contribution in [0, 0.1) is 11.9 Å². The van der Waals surface area contributed by atoms with E-state index in [9.17, 15) is 52.7 Å². The van der Waals surface area contributed by atoms with Crippen LogP contribution in [0.3, 0.4) is 0 Å². The minimum Gasteiger partial charge on any atom is -0.350 e. The van der Waals surface area contributed by atoms with E-state index >= 15 is 0 Å². The van der Waals surface area contributed by atoms with E-state index in [0.717, 1.165) is 0 Å². The number of allylic oxidation sites excluding steroid dienone is 2. The van der Waals surface area contributed by atoms with Gasteiger partial charge in [-0.05, 0) is 0 Å². The van der Waals surface area contributed by atoms with Gasteiger partial charge in [0.15, 0.2) is 0 Å². The summed E-state index contributed by atoms with van der Waals surface area (Å²) in [6, 6.07) is -0.505. The third-order valence-corrected chi connectivity index (χ3v) is 3.19. The Kier molecular flexibility index (Phi) is 5.35. The molecule has 0 spiro atoms. The van der Waals surface area contributed by atoms with Crippen LogP contribution in [0.5, 0.6) is 0 Å². The molecule has 0 aliphatic heterocycles. The number of aromatic nitrogens is 1. The largest absolute Gasteiger partial charge is 0.420 e. The SMILES string of the molecule is Fc1cc(C2=[C-]C(F)(F)C(F)(F)C(F)(F)C2(F)F)ncc1C(F)(F)F.[Ir]. The van der Waals surface area contributed by atoms with Gasteiger partial charge in [0.2, 0.25) is 0 Å². The summed E-state index contributed by atoms with van der Waals surface area (Å²) < 4.78 is 156. The van der Waals surface area contributed by atoms with Crippen LogP contribution >= 0.6 is 0 Å². The molecule has 1 radical (unpaired) electrons. The maximum absolute atomic E-state index is 13.6. The first-order chi connectivity index (χ1) is 11.0. The fourth-order valence-electron chi connectivity index (χ4n) is 1.87. The van der Waals surface area contributed by atoms with Crippen molar-refractivity contribution in [2.75, 3.05) is 0 Å². The molecule has 1 aliphatic carbocycles. The van der Waals surface area contributed by atoms with Gasteiger partial charge in [0, 0.05) is 26.3 Å². The van der Waals surface area contributed by atoms with E-state index in [1.54, 1.807) is 0 Å². The van der Waals surface area contributed by atoms with Crippen molar-refractivity contribution in [1.29, 1.82) is 0 Å². The number of nitrogens with zero attached hydrogens (tertiary/aromatic N) is 1. The van der Waals surface area contributed by atoms with Crippen LogP contribution < -0.4 is 0 Å². The maximum atomic E-state index is 13.6. The van der Waals surface area contributed by atoms with E-state index in [4.69, 9.17) is 0 Å². The van der Waals surface area contributed by atoms with Crippen molar-refractivity contribution in [3.63, 3.8) is 0 Å². The molecule has 0 atom stereocenters. The van der Waals surface area contributed by atoms with E-state index in [1.807, 2.05) is 0 Å². The van der Waals surface area contributed by atoms with Crippen LogP contribution in [0.1, 0.15) is 11.3 Å². The van der Waals surface area contributed by atoms with Crippen LogP contribution in [0.15, 0.2) is 12.3 Å². The van der Waals surface area contributed by atoms with Gasteiger partial charge in [0.25, 0.3) is 5.92 Å². The van der Waals surface area contributed by atoms with Gasteiger partial charge in [-0.25, -0.2) is 13.2 Å². The molecule has 1 aliphatic rings. The topological polar surface area (TPSA) is 12.9 Å². The number of hydrogen-bond donors (Lipinski definition) is 0. The van der Waals surface area contributed by atoms with Gasteiger partial charge in [0.05, 0.1) is 0 Å². The Morgan fingerprint density at radius 2 is 1.38 bits per heavy atom. The first kappa shape index (κ1) is 22.7. The summed E-state index contributed by atoms with van der Waals surface area (Å²) in [6.07, 6.45) is -5.67. The van der Waals surface area contributed by atoms with Gasteiger partial charge in [-0.1, -0.05) is 11.8 Å². The number of hydrogen-bond acceptors (Lipinski definition) is 1. The van der Waals surface area contributed by atoms with E-state index < -0.39 is 64.8 Å². The minimum atomic E-state index is -6.65. The molecule has 14 heteroatoms. The molecule has 0 amide bonds. The van der Waals surface area contributed by atoms with Crippen LogP contribution in [-0.4, -0.2) is 28.7 Å². The molecule has 1 heterocycles. The van der Waals surface area contributed by atoms with Gasteiger partial charge in [-0.2, -0.15) is 45.6 Å². The van der Waals surface area contributed by atoms with Crippen LogP contribution in [0.2, 0.25) is 0 Å². The van der Waals surface area contributed by atoms with Crippen molar-refractivity contribution < 1.29 is 72.8 Å². The number of rotatable bonds is 1. The third-order valence-electron chi connectivity index (χ3n) is 3.19. The van der Waals surface area contributed by atoms with Gasteiger partial charge in [0.1, 0.15) is 11.4 Å². The molecule has 1 aromatic rings. The molecule has 0 N–H and O–H groups in total. The number of halogens is 12. The zero-order valence-corrected chi connectivity index (χ0v) is 13.9. The standard InChI is InChI=1S/C12H2F12N.Ir/c13-6-1-7(25-3-5(6)10(18,19)20)4-2-8(14,15)11(21,22)12(23,24)9(4,16)17;/h1,3H;/q-1;. The molecule has 149 valence electrons. The van der Waals surface area contributed by atoms with Crippen molar-refractivity contribution in [2.24, 2.45) is 0 Å². The summed E-state index contributed by atoms with van der Waals surface area (Å²) in [5.74, 6) is -27.5. The van der Waals surface area contributed by atoms with E-state index in [2.05, 4.69) is 4.98 Å². The summed E-state index contributed by atoms with van der Waals surface area (Å²) in [5.41, 5.74) is -6.59. The molecule has 2 rings (SSSR count). The molecule has 0 bridgehead atoms. The average molecular weight is 580 g/mol. The van der Waals surface area contributed by atoms with Gasteiger partial charge in [-0.15, -0.1) is 5.57 Å². The Morgan fingerprint density at radius 3 is 1.81 bits per heavy atom. The average Bonchev–Trinajstić information content (AvgIpc) is 2.41. The molecule has 0 saturated carbocycles.